The van der Waals surface area contributed by atoms with Crippen LogP contribution in [0.4, 0.5) is 0 Å². The lowest BCUT2D eigenvalue weighted by molar-refractivity contribution is -0.153. The zero-order valence-electron chi connectivity index (χ0n) is 11.5. The zero-order valence-corrected chi connectivity index (χ0v) is 11.5. The summed E-state index contributed by atoms with van der Waals surface area (Å²) >= 11 is 0. The number of carbonyl (C=O) groups excluding carboxylic acids is 1. The quantitative estimate of drug-likeness (QED) is 0.810. The van der Waals surface area contributed by atoms with Gasteiger partial charge in [0.15, 0.2) is 0 Å². The van der Waals surface area contributed by atoms with E-state index in [1.807, 2.05) is 32.6 Å². The van der Waals surface area contributed by atoms with Crippen LogP contribution in [0.2, 0.25) is 0 Å². The number of morpholine rings is 1. The summed E-state index contributed by atoms with van der Waals surface area (Å²) in [4.78, 5) is 14.5. The topological polar surface area (TPSA) is 55.6 Å². The molecule has 1 heterocycles. The minimum Gasteiger partial charge on any atom is -0.372 e. The summed E-state index contributed by atoms with van der Waals surface area (Å²) in [7, 11) is 0. The molecule has 0 unspecified atom stereocenters. The van der Waals surface area contributed by atoms with Crippen molar-refractivity contribution in [3.05, 3.63) is 0 Å². The van der Waals surface area contributed by atoms with Gasteiger partial charge < -0.3 is 15.4 Å². The fourth-order valence-corrected chi connectivity index (χ4v) is 2.61. The molecule has 0 radical (unpaired) electrons. The number of rotatable bonds is 4. The van der Waals surface area contributed by atoms with Crippen molar-refractivity contribution in [1.29, 1.82) is 0 Å². The Kier molecular flexibility index (Phi) is 4.95. The maximum absolute atomic E-state index is 12.6. The van der Waals surface area contributed by atoms with Gasteiger partial charge in [0, 0.05) is 19.6 Å². The fourth-order valence-electron chi connectivity index (χ4n) is 2.61. The van der Waals surface area contributed by atoms with Crippen LogP contribution in [0.5, 0.6) is 0 Å². The SMILES string of the molecule is CCC(CC)(CN)C(=O)N1C[C@@H](C)O[C@@H](C)C1. The third-order valence-corrected chi connectivity index (χ3v) is 3.90. The van der Waals surface area contributed by atoms with E-state index in [1.165, 1.54) is 0 Å². The van der Waals surface area contributed by atoms with Crippen LogP contribution in [0.15, 0.2) is 0 Å². The molecule has 4 heteroatoms. The maximum atomic E-state index is 12.6. The Morgan fingerprint density at radius 1 is 1.29 bits per heavy atom. The number of amides is 1. The number of hydrogen-bond donors (Lipinski definition) is 1. The first-order valence-electron chi connectivity index (χ1n) is 6.64. The predicted molar refractivity (Wildman–Crippen MR) is 68.7 cm³/mol. The third kappa shape index (κ3) is 2.99. The van der Waals surface area contributed by atoms with Gasteiger partial charge in [-0.1, -0.05) is 13.8 Å². The van der Waals surface area contributed by atoms with Crippen LogP contribution in [0.1, 0.15) is 40.5 Å². The van der Waals surface area contributed by atoms with Crippen molar-refractivity contribution < 1.29 is 9.53 Å². The molecule has 0 spiro atoms. The van der Waals surface area contributed by atoms with E-state index < -0.39 is 0 Å². The Morgan fingerprint density at radius 2 is 1.76 bits per heavy atom. The van der Waals surface area contributed by atoms with E-state index in [-0.39, 0.29) is 23.5 Å². The summed E-state index contributed by atoms with van der Waals surface area (Å²) in [6.45, 7) is 9.91. The normalized spacial score (nSPS) is 26.1. The molecule has 0 bridgehead atoms. The molecular formula is C13H26N2O2. The summed E-state index contributed by atoms with van der Waals surface area (Å²) < 4.78 is 5.65. The van der Waals surface area contributed by atoms with Gasteiger partial charge in [-0.15, -0.1) is 0 Å². The van der Waals surface area contributed by atoms with Crippen LogP contribution >= 0.6 is 0 Å². The van der Waals surface area contributed by atoms with Crippen LogP contribution in [0.3, 0.4) is 0 Å². The molecule has 2 atom stereocenters. The minimum atomic E-state index is -0.378. The predicted octanol–water partition coefficient (Wildman–Crippen LogP) is 1.39. The molecule has 17 heavy (non-hydrogen) atoms. The van der Waals surface area contributed by atoms with Crippen LogP contribution < -0.4 is 5.73 Å². The van der Waals surface area contributed by atoms with E-state index in [1.54, 1.807) is 0 Å². The molecule has 4 nitrogen and oxygen atoms in total. The average Bonchev–Trinajstić information content (AvgIpc) is 2.30. The monoisotopic (exact) mass is 242 g/mol. The molecule has 0 aromatic carbocycles. The standard InChI is InChI=1S/C13H26N2O2/c1-5-13(6-2,9-14)12(16)15-7-10(3)17-11(4)8-15/h10-11H,5-9,14H2,1-4H3/t10-,11+. The van der Waals surface area contributed by atoms with Crippen molar-refractivity contribution in [2.75, 3.05) is 19.6 Å². The Balaban J connectivity index is 2.80. The first-order valence-corrected chi connectivity index (χ1v) is 6.64. The highest BCUT2D eigenvalue weighted by molar-refractivity contribution is 5.83. The molecule has 0 saturated carbocycles. The largest absolute Gasteiger partial charge is 0.372 e. The summed E-state index contributed by atoms with van der Waals surface area (Å²) in [6.07, 6.45) is 1.84. The Labute approximate surface area is 104 Å². The highest BCUT2D eigenvalue weighted by atomic mass is 16.5. The van der Waals surface area contributed by atoms with Crippen molar-refractivity contribution in [1.82, 2.24) is 4.90 Å². The van der Waals surface area contributed by atoms with Crippen molar-refractivity contribution in [3.63, 3.8) is 0 Å². The molecule has 1 rings (SSSR count). The number of carbonyl (C=O) groups is 1. The van der Waals surface area contributed by atoms with Crippen molar-refractivity contribution in [3.8, 4) is 0 Å². The second-order valence-corrected chi connectivity index (χ2v) is 5.16. The van der Waals surface area contributed by atoms with Crippen molar-refractivity contribution >= 4 is 5.91 Å². The van der Waals surface area contributed by atoms with E-state index in [0.29, 0.717) is 19.6 Å². The van der Waals surface area contributed by atoms with Gasteiger partial charge in [0.05, 0.1) is 17.6 Å². The summed E-state index contributed by atoms with van der Waals surface area (Å²) in [5.41, 5.74) is 5.45. The molecule has 1 aliphatic rings. The lowest BCUT2D eigenvalue weighted by Crippen LogP contribution is -2.54. The van der Waals surface area contributed by atoms with E-state index in [4.69, 9.17) is 10.5 Å². The summed E-state index contributed by atoms with van der Waals surface area (Å²) in [6, 6.07) is 0. The van der Waals surface area contributed by atoms with Crippen molar-refractivity contribution in [2.45, 2.75) is 52.7 Å². The van der Waals surface area contributed by atoms with Crippen LogP contribution in [-0.2, 0) is 9.53 Å². The smallest absolute Gasteiger partial charge is 0.230 e. The zero-order chi connectivity index (χ0) is 13.1. The van der Waals surface area contributed by atoms with E-state index in [2.05, 4.69) is 0 Å². The van der Waals surface area contributed by atoms with Gasteiger partial charge in [0.25, 0.3) is 0 Å². The van der Waals surface area contributed by atoms with Gasteiger partial charge in [-0.3, -0.25) is 4.79 Å². The molecule has 1 aliphatic heterocycles. The molecule has 1 saturated heterocycles. The van der Waals surface area contributed by atoms with Crippen molar-refractivity contribution in [2.24, 2.45) is 11.1 Å². The molecular weight excluding hydrogens is 216 g/mol. The highest BCUT2D eigenvalue weighted by Gasteiger charge is 2.39. The Bertz CT molecular complexity index is 246. The van der Waals surface area contributed by atoms with Crippen LogP contribution in [0.25, 0.3) is 0 Å². The number of ether oxygens (including phenoxy) is 1. The Hall–Kier alpha value is -0.610. The second-order valence-electron chi connectivity index (χ2n) is 5.16. The molecule has 1 amide bonds. The number of hydrogen-bond acceptors (Lipinski definition) is 3. The van der Waals surface area contributed by atoms with E-state index in [9.17, 15) is 4.79 Å². The minimum absolute atomic E-state index is 0.117. The van der Waals surface area contributed by atoms with Gasteiger partial charge in [0.1, 0.15) is 0 Å². The average molecular weight is 242 g/mol. The summed E-state index contributed by atoms with van der Waals surface area (Å²) in [5, 5.41) is 0. The lowest BCUT2D eigenvalue weighted by atomic mass is 9.80. The second kappa shape index (κ2) is 5.83. The molecule has 1 fully saturated rings. The van der Waals surface area contributed by atoms with Gasteiger partial charge in [-0.05, 0) is 26.7 Å². The first kappa shape index (κ1) is 14.5. The highest BCUT2D eigenvalue weighted by Crippen LogP contribution is 2.29. The summed E-state index contributed by atoms with van der Waals surface area (Å²) in [5.74, 6) is 0.201. The fraction of sp³-hybridized carbons (Fsp3) is 0.923. The van der Waals surface area contributed by atoms with Crippen LogP contribution in [0, 0.1) is 5.41 Å². The first-order chi connectivity index (χ1) is 7.99. The maximum Gasteiger partial charge on any atom is 0.230 e. The number of nitrogens with two attached hydrogens (primary N) is 1. The van der Waals surface area contributed by atoms with Gasteiger partial charge in [-0.2, -0.15) is 0 Å². The van der Waals surface area contributed by atoms with E-state index >= 15 is 0 Å². The lowest BCUT2D eigenvalue weighted by Gasteiger charge is -2.41. The Morgan fingerprint density at radius 3 is 2.12 bits per heavy atom. The molecule has 0 aromatic rings. The van der Waals surface area contributed by atoms with E-state index in [0.717, 1.165) is 12.8 Å². The molecule has 0 aliphatic carbocycles. The third-order valence-electron chi connectivity index (χ3n) is 3.90. The van der Waals surface area contributed by atoms with Gasteiger partial charge >= 0.3 is 0 Å². The molecule has 100 valence electrons. The van der Waals surface area contributed by atoms with Gasteiger partial charge in [-0.25, -0.2) is 0 Å². The molecule has 0 aromatic heterocycles. The van der Waals surface area contributed by atoms with Crippen LogP contribution in [-0.4, -0.2) is 42.6 Å². The molecule has 2 N–H and O–H groups in total. The number of nitrogens with zero attached hydrogens (tertiary/aromatic N) is 1. The van der Waals surface area contributed by atoms with Gasteiger partial charge in [0.2, 0.25) is 5.91 Å².